The van der Waals surface area contributed by atoms with E-state index in [1.807, 2.05) is 61.5 Å². The minimum Gasteiger partial charge on any atom is -0.268 e. The number of rotatable bonds is 4. The molecule has 5 nitrogen and oxygen atoms in total. The lowest BCUT2D eigenvalue weighted by Crippen LogP contribution is -2.40. The predicted octanol–water partition coefficient (Wildman–Crippen LogP) is 3.90. The van der Waals surface area contributed by atoms with E-state index in [1.54, 1.807) is 13.0 Å². The third-order valence-electron chi connectivity index (χ3n) is 3.93. The fourth-order valence-corrected chi connectivity index (χ4v) is 3.43. The number of nitrogens with one attached hydrogen (secondary N) is 2. The molecule has 0 aliphatic rings. The number of hydrogen-bond acceptors (Lipinski definition) is 4. The smallest absolute Gasteiger partial charge is 0.268 e. The summed E-state index contributed by atoms with van der Waals surface area (Å²) in [5.74, 6) is -0.790. The summed E-state index contributed by atoms with van der Waals surface area (Å²) in [4.78, 5) is 29.2. The number of thiazole rings is 1. The molecule has 1 aromatic heterocycles. The molecule has 0 unspecified atom stereocenters. The van der Waals surface area contributed by atoms with Gasteiger partial charge >= 0.3 is 0 Å². The Morgan fingerprint density at radius 3 is 2.41 bits per heavy atom. The third kappa shape index (κ3) is 4.68. The number of aromatic nitrogens is 1. The normalized spacial score (nSPS) is 10.7. The van der Waals surface area contributed by atoms with Crippen molar-refractivity contribution < 1.29 is 9.59 Å². The molecule has 3 rings (SSSR count). The Hall–Kier alpha value is -3.25. The van der Waals surface area contributed by atoms with Crippen LogP contribution in [0, 0.1) is 13.8 Å². The van der Waals surface area contributed by atoms with Gasteiger partial charge in [0.1, 0.15) is 9.88 Å². The van der Waals surface area contributed by atoms with Crippen LogP contribution in [0.25, 0.3) is 16.6 Å². The first-order valence-corrected chi connectivity index (χ1v) is 9.23. The van der Waals surface area contributed by atoms with Crippen molar-refractivity contribution in [3.63, 3.8) is 0 Å². The second-order valence-corrected chi connectivity index (χ2v) is 6.93. The van der Waals surface area contributed by atoms with E-state index in [0.29, 0.717) is 10.6 Å². The molecule has 0 fully saturated rings. The van der Waals surface area contributed by atoms with Gasteiger partial charge in [0.2, 0.25) is 0 Å². The molecule has 0 atom stereocenters. The fourth-order valence-electron chi connectivity index (χ4n) is 2.47. The van der Waals surface area contributed by atoms with Gasteiger partial charge in [0.05, 0.1) is 5.69 Å². The summed E-state index contributed by atoms with van der Waals surface area (Å²) >= 11 is 1.29. The molecule has 0 aliphatic heterocycles. The molecule has 0 saturated heterocycles. The lowest BCUT2D eigenvalue weighted by molar-refractivity contribution is -0.117. The van der Waals surface area contributed by atoms with Crippen molar-refractivity contribution in [1.29, 1.82) is 0 Å². The molecule has 2 aromatic carbocycles. The van der Waals surface area contributed by atoms with E-state index in [9.17, 15) is 9.59 Å². The number of amides is 2. The highest BCUT2D eigenvalue weighted by Crippen LogP contribution is 2.27. The van der Waals surface area contributed by atoms with Gasteiger partial charge in [-0.25, -0.2) is 4.98 Å². The van der Waals surface area contributed by atoms with Crippen molar-refractivity contribution in [3.05, 3.63) is 82.4 Å². The molecule has 2 amide bonds. The number of nitrogens with zero attached hydrogens (tertiary/aromatic N) is 1. The van der Waals surface area contributed by atoms with Crippen LogP contribution >= 0.6 is 11.3 Å². The first-order chi connectivity index (χ1) is 13.0. The van der Waals surface area contributed by atoms with E-state index in [1.165, 1.54) is 17.4 Å². The average molecular weight is 377 g/mol. The van der Waals surface area contributed by atoms with Gasteiger partial charge in [-0.2, -0.15) is 0 Å². The van der Waals surface area contributed by atoms with E-state index < -0.39 is 5.91 Å². The molecule has 6 heteroatoms. The lowest BCUT2D eigenvalue weighted by atomic mass is 10.1. The SMILES string of the molecule is Cc1ccccc1/C=C/C(=O)NNC(=O)c1sc(-c2ccccc2)nc1C. The molecular formula is C21H19N3O2S. The maximum atomic E-state index is 12.4. The van der Waals surface area contributed by atoms with Crippen molar-refractivity contribution in [2.45, 2.75) is 13.8 Å². The molecule has 0 spiro atoms. The van der Waals surface area contributed by atoms with Gasteiger partial charge in [0.15, 0.2) is 0 Å². The Labute approximate surface area is 161 Å². The summed E-state index contributed by atoms with van der Waals surface area (Å²) in [5.41, 5.74) is 8.43. The maximum absolute atomic E-state index is 12.4. The van der Waals surface area contributed by atoms with Gasteiger partial charge in [-0.15, -0.1) is 11.3 Å². The molecule has 0 saturated carbocycles. The molecule has 136 valence electrons. The topological polar surface area (TPSA) is 71.1 Å². The first-order valence-electron chi connectivity index (χ1n) is 8.41. The van der Waals surface area contributed by atoms with Gasteiger partial charge in [-0.1, -0.05) is 54.6 Å². The number of benzene rings is 2. The average Bonchev–Trinajstić information content (AvgIpc) is 3.08. The molecular weight excluding hydrogens is 358 g/mol. The van der Waals surface area contributed by atoms with Crippen LogP contribution in [0.3, 0.4) is 0 Å². The summed E-state index contributed by atoms with van der Waals surface area (Å²) in [6, 6.07) is 17.4. The predicted molar refractivity (Wildman–Crippen MR) is 108 cm³/mol. The Bertz CT molecular complexity index is 994. The second-order valence-electron chi connectivity index (χ2n) is 5.93. The maximum Gasteiger partial charge on any atom is 0.281 e. The van der Waals surface area contributed by atoms with E-state index in [-0.39, 0.29) is 5.91 Å². The zero-order chi connectivity index (χ0) is 19.2. The fraction of sp³-hybridized carbons (Fsp3) is 0.0952. The quantitative estimate of drug-likeness (QED) is 0.535. The lowest BCUT2D eigenvalue weighted by Gasteiger charge is -2.04. The van der Waals surface area contributed by atoms with Gasteiger partial charge in [-0.3, -0.25) is 20.4 Å². The molecule has 0 radical (unpaired) electrons. The standard InChI is InChI=1S/C21H19N3O2S/c1-14-8-6-7-9-16(14)12-13-18(25)23-24-20(26)19-15(2)22-21(27-19)17-10-4-3-5-11-17/h3-13H,1-2H3,(H,23,25)(H,24,26)/b13-12+. The minimum absolute atomic E-state index is 0.384. The van der Waals surface area contributed by atoms with E-state index in [4.69, 9.17) is 0 Å². The van der Waals surface area contributed by atoms with Crippen molar-refractivity contribution in [2.24, 2.45) is 0 Å². The summed E-state index contributed by atoms with van der Waals surface area (Å²) in [7, 11) is 0. The summed E-state index contributed by atoms with van der Waals surface area (Å²) in [6.45, 7) is 3.74. The van der Waals surface area contributed by atoms with E-state index >= 15 is 0 Å². The van der Waals surface area contributed by atoms with E-state index in [0.717, 1.165) is 21.7 Å². The highest BCUT2D eigenvalue weighted by atomic mass is 32.1. The Morgan fingerprint density at radius 2 is 1.67 bits per heavy atom. The van der Waals surface area contributed by atoms with Crippen LogP contribution in [-0.2, 0) is 4.79 Å². The molecule has 2 N–H and O–H groups in total. The van der Waals surface area contributed by atoms with Crippen molar-refractivity contribution in [3.8, 4) is 10.6 Å². The van der Waals surface area contributed by atoms with Crippen LogP contribution < -0.4 is 10.9 Å². The Morgan fingerprint density at radius 1 is 0.963 bits per heavy atom. The summed E-state index contributed by atoms with van der Waals surface area (Å²) in [5, 5.41) is 0.768. The number of carbonyl (C=O) groups is 2. The number of carbonyl (C=O) groups excluding carboxylic acids is 2. The highest BCUT2D eigenvalue weighted by Gasteiger charge is 2.16. The van der Waals surface area contributed by atoms with E-state index in [2.05, 4.69) is 15.8 Å². The van der Waals surface area contributed by atoms with Crippen LogP contribution in [0.15, 0.2) is 60.7 Å². The van der Waals surface area contributed by atoms with Crippen molar-refractivity contribution >= 4 is 29.2 Å². The molecule has 3 aromatic rings. The molecule has 1 heterocycles. The Kier molecular flexibility index (Phi) is 5.78. The van der Waals surface area contributed by atoms with Crippen LogP contribution in [0.2, 0.25) is 0 Å². The molecule has 0 aliphatic carbocycles. The third-order valence-corrected chi connectivity index (χ3v) is 5.13. The zero-order valence-electron chi connectivity index (χ0n) is 15.0. The van der Waals surface area contributed by atoms with Crippen LogP contribution in [0.5, 0.6) is 0 Å². The van der Waals surface area contributed by atoms with Crippen LogP contribution in [0.4, 0.5) is 0 Å². The highest BCUT2D eigenvalue weighted by molar-refractivity contribution is 7.17. The number of hydrazine groups is 1. The summed E-state index contributed by atoms with van der Waals surface area (Å²) in [6.07, 6.45) is 3.10. The molecule has 0 bridgehead atoms. The van der Waals surface area contributed by atoms with Gasteiger partial charge in [-0.05, 0) is 31.1 Å². The van der Waals surface area contributed by atoms with Crippen LogP contribution in [0.1, 0.15) is 26.5 Å². The number of aryl methyl sites for hydroxylation is 2. The number of hydrogen-bond donors (Lipinski definition) is 2. The second kappa shape index (κ2) is 8.42. The Balaban J connectivity index is 1.62. The van der Waals surface area contributed by atoms with Crippen molar-refractivity contribution in [1.82, 2.24) is 15.8 Å². The zero-order valence-corrected chi connectivity index (χ0v) is 15.8. The first kappa shape index (κ1) is 18.5. The van der Waals surface area contributed by atoms with Crippen LogP contribution in [-0.4, -0.2) is 16.8 Å². The summed E-state index contributed by atoms with van der Waals surface area (Å²) < 4.78 is 0. The van der Waals surface area contributed by atoms with Gasteiger partial charge in [0, 0.05) is 11.6 Å². The van der Waals surface area contributed by atoms with Gasteiger partial charge in [0.25, 0.3) is 11.8 Å². The van der Waals surface area contributed by atoms with Crippen molar-refractivity contribution in [2.75, 3.05) is 0 Å². The molecule has 27 heavy (non-hydrogen) atoms. The van der Waals surface area contributed by atoms with Gasteiger partial charge < -0.3 is 0 Å². The monoisotopic (exact) mass is 377 g/mol. The largest absolute Gasteiger partial charge is 0.281 e. The minimum atomic E-state index is -0.406.